The number of amides is 2. The summed E-state index contributed by atoms with van der Waals surface area (Å²) in [5.41, 5.74) is 4.33. The van der Waals surface area contributed by atoms with Crippen LogP contribution in [0.4, 0.5) is 0 Å². The molecule has 4 heteroatoms. The van der Waals surface area contributed by atoms with Gasteiger partial charge in [0.2, 0.25) is 11.8 Å². The maximum absolute atomic E-state index is 13.5. The minimum absolute atomic E-state index is 0.00296. The molecule has 1 N–H and O–H groups in total. The number of carbonyl (C=O) groups excluding carboxylic acids is 2. The molecule has 0 aromatic heterocycles. The van der Waals surface area contributed by atoms with Crippen molar-refractivity contribution in [3.63, 3.8) is 0 Å². The Bertz CT molecular complexity index is 872. The second-order valence-electron chi connectivity index (χ2n) is 8.88. The topological polar surface area (TPSA) is 49.4 Å². The summed E-state index contributed by atoms with van der Waals surface area (Å²) in [7, 11) is 0. The van der Waals surface area contributed by atoms with Gasteiger partial charge in [0.25, 0.3) is 0 Å². The zero-order valence-corrected chi connectivity index (χ0v) is 19.2. The lowest BCUT2D eigenvalue weighted by molar-refractivity contribution is -0.141. The van der Waals surface area contributed by atoms with E-state index in [0.29, 0.717) is 19.4 Å². The number of aryl methyl sites for hydroxylation is 2. The molecule has 4 nitrogen and oxygen atoms in total. The van der Waals surface area contributed by atoms with E-state index in [1.165, 1.54) is 19.3 Å². The summed E-state index contributed by atoms with van der Waals surface area (Å²) in [5, 5.41) is 3.24. The zero-order chi connectivity index (χ0) is 22.2. The van der Waals surface area contributed by atoms with E-state index in [1.807, 2.05) is 51.1 Å². The molecule has 0 aliphatic heterocycles. The highest BCUT2D eigenvalue weighted by Gasteiger charge is 2.30. The Morgan fingerprint density at radius 3 is 2.42 bits per heavy atom. The van der Waals surface area contributed by atoms with E-state index in [4.69, 9.17) is 0 Å². The fourth-order valence-corrected chi connectivity index (χ4v) is 4.50. The zero-order valence-electron chi connectivity index (χ0n) is 19.2. The van der Waals surface area contributed by atoms with E-state index in [0.717, 1.165) is 35.1 Å². The fraction of sp³-hybridized carbons (Fsp3) is 0.481. The van der Waals surface area contributed by atoms with Crippen molar-refractivity contribution in [2.75, 3.05) is 0 Å². The third-order valence-electron chi connectivity index (χ3n) is 6.38. The van der Waals surface area contributed by atoms with E-state index in [1.54, 1.807) is 4.90 Å². The smallest absolute Gasteiger partial charge is 0.243 e. The van der Waals surface area contributed by atoms with Gasteiger partial charge in [0.1, 0.15) is 6.04 Å². The maximum Gasteiger partial charge on any atom is 0.243 e. The van der Waals surface area contributed by atoms with Gasteiger partial charge in [-0.05, 0) is 49.8 Å². The van der Waals surface area contributed by atoms with Gasteiger partial charge >= 0.3 is 0 Å². The lowest BCUT2D eigenvalue weighted by Crippen LogP contribution is -2.52. The van der Waals surface area contributed by atoms with Gasteiger partial charge in [-0.1, -0.05) is 80.3 Å². The van der Waals surface area contributed by atoms with Gasteiger partial charge < -0.3 is 10.2 Å². The molecule has 2 aromatic rings. The molecule has 0 unspecified atom stereocenters. The number of nitrogens with one attached hydrogen (secondary N) is 1. The van der Waals surface area contributed by atoms with Crippen LogP contribution >= 0.6 is 0 Å². The lowest BCUT2D eigenvalue weighted by Gasteiger charge is -2.33. The highest BCUT2D eigenvalue weighted by molar-refractivity contribution is 5.88. The maximum atomic E-state index is 13.5. The average Bonchev–Trinajstić information content (AvgIpc) is 2.77. The summed E-state index contributed by atoms with van der Waals surface area (Å²) < 4.78 is 0. The minimum atomic E-state index is -0.459. The molecule has 0 spiro atoms. The van der Waals surface area contributed by atoms with Crippen molar-refractivity contribution >= 4 is 11.8 Å². The molecule has 166 valence electrons. The lowest BCUT2D eigenvalue weighted by atomic mass is 9.95. The number of benzene rings is 2. The molecule has 2 aromatic carbocycles. The third-order valence-corrected chi connectivity index (χ3v) is 6.38. The predicted octanol–water partition coefficient (Wildman–Crippen LogP) is 5.10. The van der Waals surface area contributed by atoms with E-state index >= 15 is 0 Å². The number of hydrogen-bond donors (Lipinski definition) is 1. The van der Waals surface area contributed by atoms with Crippen molar-refractivity contribution in [3.8, 4) is 0 Å². The third kappa shape index (κ3) is 6.43. The molecule has 3 rings (SSSR count). The fourth-order valence-electron chi connectivity index (χ4n) is 4.50. The van der Waals surface area contributed by atoms with Crippen molar-refractivity contribution in [3.05, 3.63) is 70.8 Å². The summed E-state index contributed by atoms with van der Waals surface area (Å²) in [5.74, 6) is -0.0113. The largest absolute Gasteiger partial charge is 0.352 e. The number of rotatable bonds is 8. The highest BCUT2D eigenvalue weighted by Crippen LogP contribution is 2.20. The predicted molar refractivity (Wildman–Crippen MR) is 126 cm³/mol. The summed E-state index contributed by atoms with van der Waals surface area (Å²) >= 11 is 0. The number of nitrogens with zero attached hydrogens (tertiary/aromatic N) is 1. The van der Waals surface area contributed by atoms with Gasteiger partial charge in [-0.2, -0.15) is 0 Å². The van der Waals surface area contributed by atoms with E-state index in [9.17, 15) is 9.59 Å². The molecule has 1 saturated carbocycles. The summed E-state index contributed by atoms with van der Waals surface area (Å²) in [6.07, 6.45) is 6.58. The Balaban J connectivity index is 1.81. The molecule has 1 aliphatic rings. The quantitative estimate of drug-likeness (QED) is 0.646. The van der Waals surface area contributed by atoms with Crippen LogP contribution in [0.2, 0.25) is 0 Å². The summed E-state index contributed by atoms with van der Waals surface area (Å²) in [6.45, 7) is 6.52. The second kappa shape index (κ2) is 11.1. The van der Waals surface area contributed by atoms with Crippen LogP contribution in [0.3, 0.4) is 0 Å². The van der Waals surface area contributed by atoms with Gasteiger partial charge in [-0.15, -0.1) is 0 Å². The second-order valence-corrected chi connectivity index (χ2v) is 8.88. The van der Waals surface area contributed by atoms with Crippen LogP contribution < -0.4 is 5.32 Å². The van der Waals surface area contributed by atoms with E-state index < -0.39 is 6.04 Å². The molecule has 0 saturated heterocycles. The number of carbonyl (C=O) groups is 2. The highest BCUT2D eigenvalue weighted by atomic mass is 16.2. The van der Waals surface area contributed by atoms with Crippen LogP contribution in [0.1, 0.15) is 67.7 Å². The van der Waals surface area contributed by atoms with Crippen LogP contribution in [0.15, 0.2) is 48.5 Å². The molecule has 0 bridgehead atoms. The monoisotopic (exact) mass is 420 g/mol. The first-order valence-corrected chi connectivity index (χ1v) is 11.7. The SMILES string of the molecule is CC[C@H](C(=O)NC1CCCCC1)N(Cc1ccccc1)C(=O)Cc1cc(C)ccc1C. The Hall–Kier alpha value is -2.62. The molecule has 1 fully saturated rings. The van der Waals surface area contributed by atoms with Crippen molar-refractivity contribution in [1.82, 2.24) is 10.2 Å². The molecule has 31 heavy (non-hydrogen) atoms. The van der Waals surface area contributed by atoms with Crippen molar-refractivity contribution in [2.45, 2.75) is 84.3 Å². The van der Waals surface area contributed by atoms with Crippen molar-refractivity contribution < 1.29 is 9.59 Å². The molecule has 2 amide bonds. The summed E-state index contributed by atoms with van der Waals surface area (Å²) in [4.78, 5) is 28.6. The van der Waals surface area contributed by atoms with Crippen LogP contribution in [0.5, 0.6) is 0 Å². The Labute approximate surface area is 187 Å². The van der Waals surface area contributed by atoms with Crippen molar-refractivity contribution in [1.29, 1.82) is 0 Å². The molecule has 1 aliphatic carbocycles. The van der Waals surface area contributed by atoms with Gasteiger partial charge in [0, 0.05) is 12.6 Å². The molecule has 0 heterocycles. The Morgan fingerprint density at radius 1 is 1.03 bits per heavy atom. The summed E-state index contributed by atoms with van der Waals surface area (Å²) in [6, 6.07) is 16.0. The molecule has 1 atom stereocenters. The normalized spacial score (nSPS) is 15.3. The first kappa shape index (κ1) is 23.1. The Kier molecular flexibility index (Phi) is 8.27. The van der Waals surface area contributed by atoms with Gasteiger partial charge in [0.05, 0.1) is 6.42 Å². The Morgan fingerprint density at radius 2 is 1.74 bits per heavy atom. The van der Waals surface area contributed by atoms with Gasteiger partial charge in [-0.25, -0.2) is 0 Å². The standard InChI is InChI=1S/C27H36N2O2/c1-4-25(27(31)28-24-13-9-6-10-14-24)29(19-22-11-7-5-8-12-22)26(30)18-23-17-20(2)15-16-21(23)3/h5,7-8,11-12,15-17,24-25H,4,6,9-10,13-14,18-19H2,1-3H3,(H,28,31)/t25-/m1/s1. The molecular formula is C27H36N2O2. The molecular weight excluding hydrogens is 384 g/mol. The first-order chi connectivity index (χ1) is 15.0. The average molecular weight is 421 g/mol. The van der Waals surface area contributed by atoms with Crippen LogP contribution in [0, 0.1) is 13.8 Å². The van der Waals surface area contributed by atoms with Crippen LogP contribution in [0.25, 0.3) is 0 Å². The van der Waals surface area contributed by atoms with E-state index in [2.05, 4.69) is 23.5 Å². The van der Waals surface area contributed by atoms with Crippen molar-refractivity contribution in [2.24, 2.45) is 0 Å². The van der Waals surface area contributed by atoms with E-state index in [-0.39, 0.29) is 17.9 Å². The number of hydrogen-bond acceptors (Lipinski definition) is 2. The molecule has 0 radical (unpaired) electrons. The first-order valence-electron chi connectivity index (χ1n) is 11.7. The minimum Gasteiger partial charge on any atom is -0.352 e. The van der Waals surface area contributed by atoms with Crippen LogP contribution in [-0.2, 0) is 22.6 Å². The van der Waals surface area contributed by atoms with Gasteiger partial charge in [0.15, 0.2) is 0 Å². The van der Waals surface area contributed by atoms with Crippen LogP contribution in [-0.4, -0.2) is 28.8 Å². The van der Waals surface area contributed by atoms with Gasteiger partial charge in [-0.3, -0.25) is 9.59 Å².